The highest BCUT2D eigenvalue weighted by Crippen LogP contribution is 2.27. The third-order valence-corrected chi connectivity index (χ3v) is 6.91. The zero-order valence-electron chi connectivity index (χ0n) is 18.9. The second-order valence-corrected chi connectivity index (χ2v) is 9.73. The number of anilines is 1. The molecular formula is C20H21ClN8O5S. The summed E-state index contributed by atoms with van der Waals surface area (Å²) in [5.41, 5.74) is 0.940. The maximum Gasteiger partial charge on any atom is 0.240 e. The number of nitrogens with one attached hydrogen (secondary N) is 1. The predicted octanol–water partition coefficient (Wildman–Crippen LogP) is 2.35. The molecule has 184 valence electrons. The summed E-state index contributed by atoms with van der Waals surface area (Å²) in [6, 6.07) is 6.75. The molecule has 0 bridgehead atoms. The van der Waals surface area contributed by atoms with Crippen LogP contribution in [0.2, 0.25) is 5.02 Å². The van der Waals surface area contributed by atoms with E-state index in [-0.39, 0.29) is 18.3 Å². The molecule has 0 radical (unpaired) electrons. The van der Waals surface area contributed by atoms with Crippen molar-refractivity contribution >= 4 is 27.6 Å². The number of ether oxygens (including phenoxy) is 2. The van der Waals surface area contributed by atoms with Crippen molar-refractivity contribution < 1.29 is 22.4 Å². The fourth-order valence-corrected chi connectivity index (χ4v) is 4.46. The van der Waals surface area contributed by atoms with Gasteiger partial charge in [0, 0.05) is 31.6 Å². The van der Waals surface area contributed by atoms with Crippen molar-refractivity contribution in [2.24, 2.45) is 0 Å². The first kappa shape index (κ1) is 24.5. The number of pyridine rings is 1. The Kier molecular flexibility index (Phi) is 7.23. The minimum absolute atomic E-state index is 0.0497. The first-order valence-electron chi connectivity index (χ1n) is 10.2. The van der Waals surface area contributed by atoms with Gasteiger partial charge in [0.25, 0.3) is 0 Å². The minimum Gasteiger partial charge on any atom is -0.481 e. The van der Waals surface area contributed by atoms with Crippen LogP contribution in [0.4, 0.5) is 5.95 Å². The Morgan fingerprint density at radius 2 is 1.94 bits per heavy atom. The lowest BCUT2D eigenvalue weighted by atomic mass is 10.2. The fourth-order valence-electron chi connectivity index (χ4n) is 3.21. The van der Waals surface area contributed by atoms with Crippen LogP contribution in [0.3, 0.4) is 0 Å². The Hall–Kier alpha value is -3.62. The molecule has 1 N–H and O–H groups in total. The van der Waals surface area contributed by atoms with Gasteiger partial charge in [-0.25, -0.2) is 23.4 Å². The molecule has 15 heteroatoms. The Balaban J connectivity index is 1.69. The Morgan fingerprint density at radius 3 is 2.60 bits per heavy atom. The molecule has 0 amide bonds. The van der Waals surface area contributed by atoms with Gasteiger partial charge in [-0.3, -0.25) is 9.29 Å². The van der Waals surface area contributed by atoms with Crippen molar-refractivity contribution in [3.63, 3.8) is 0 Å². The zero-order chi connectivity index (χ0) is 25.0. The smallest absolute Gasteiger partial charge is 0.240 e. The quantitative estimate of drug-likeness (QED) is 0.326. The van der Waals surface area contributed by atoms with Gasteiger partial charge in [0.2, 0.25) is 21.9 Å². The van der Waals surface area contributed by atoms with E-state index in [1.165, 1.54) is 44.4 Å². The molecule has 2 atom stereocenters. The van der Waals surface area contributed by atoms with Crippen LogP contribution in [0, 0.1) is 0 Å². The first-order chi connectivity index (χ1) is 16.8. The largest absolute Gasteiger partial charge is 0.481 e. The Bertz CT molecular complexity index is 1380. The van der Waals surface area contributed by atoms with Gasteiger partial charge in [-0.1, -0.05) is 22.8 Å². The highest BCUT2D eigenvalue weighted by Gasteiger charge is 2.34. The molecule has 0 aliphatic carbocycles. The normalized spacial score (nSPS) is 13.4. The molecule has 0 aliphatic rings. The van der Waals surface area contributed by atoms with E-state index in [1.54, 1.807) is 24.3 Å². The molecule has 4 aromatic heterocycles. The van der Waals surface area contributed by atoms with E-state index in [9.17, 15) is 8.42 Å². The van der Waals surface area contributed by atoms with Crippen molar-refractivity contribution in [3.05, 3.63) is 59.5 Å². The van der Waals surface area contributed by atoms with Crippen LogP contribution < -0.4 is 9.46 Å². The van der Waals surface area contributed by atoms with Crippen LogP contribution >= 0.6 is 11.6 Å². The summed E-state index contributed by atoms with van der Waals surface area (Å²) in [6.45, 7) is 1.58. The second kappa shape index (κ2) is 10.3. The van der Waals surface area contributed by atoms with Gasteiger partial charge in [0.15, 0.2) is 11.6 Å². The summed E-state index contributed by atoms with van der Waals surface area (Å²) in [6.07, 6.45) is 3.16. The van der Waals surface area contributed by atoms with Gasteiger partial charge in [-0.05, 0) is 13.0 Å². The molecule has 0 aliphatic heterocycles. The molecular weight excluding hydrogens is 500 g/mol. The summed E-state index contributed by atoms with van der Waals surface area (Å²) in [4.78, 5) is 12.5. The van der Waals surface area contributed by atoms with Gasteiger partial charge in [-0.15, -0.1) is 10.2 Å². The van der Waals surface area contributed by atoms with Crippen molar-refractivity contribution in [2.45, 2.75) is 24.8 Å². The number of aromatic nitrogens is 7. The van der Waals surface area contributed by atoms with E-state index in [0.29, 0.717) is 28.1 Å². The number of methoxy groups -OCH3 is 2. The van der Waals surface area contributed by atoms with Crippen LogP contribution in [-0.4, -0.2) is 62.8 Å². The fraction of sp³-hybridized carbons (Fsp3) is 0.300. The summed E-state index contributed by atoms with van der Waals surface area (Å²) in [5, 5.41) is 11.3. The Morgan fingerprint density at radius 1 is 1.17 bits per heavy atom. The first-order valence-corrected chi connectivity index (χ1v) is 12.1. The topological polar surface area (TPSA) is 160 Å². The van der Waals surface area contributed by atoms with E-state index in [1.807, 2.05) is 0 Å². The van der Waals surface area contributed by atoms with Crippen LogP contribution in [0.5, 0.6) is 5.88 Å². The molecule has 0 fully saturated rings. The predicted molar refractivity (Wildman–Crippen MR) is 124 cm³/mol. The van der Waals surface area contributed by atoms with Gasteiger partial charge in [0.1, 0.15) is 29.0 Å². The molecule has 0 aromatic carbocycles. The third kappa shape index (κ3) is 5.39. The molecule has 13 nitrogen and oxygen atoms in total. The van der Waals surface area contributed by atoms with E-state index < -0.39 is 21.4 Å². The molecule has 4 aromatic rings. The van der Waals surface area contributed by atoms with Crippen molar-refractivity contribution in [2.75, 3.05) is 18.9 Å². The lowest BCUT2D eigenvalue weighted by Crippen LogP contribution is -2.33. The highest BCUT2D eigenvalue weighted by molar-refractivity contribution is 7.93. The number of halogens is 1. The van der Waals surface area contributed by atoms with Crippen molar-refractivity contribution in [1.29, 1.82) is 0 Å². The molecule has 4 heterocycles. The monoisotopic (exact) mass is 520 g/mol. The van der Waals surface area contributed by atoms with Gasteiger partial charge in [0.05, 0.1) is 18.7 Å². The number of sulfonamides is 1. The standard InChI is InChI=1S/C20H21ClN8O5S/c1-12(17(33-3)18-22-9-13(21)10-23-18)35(30,31)28-20-26-25-19(15-5-4-6-16(24-15)32-2)29(20)11-14-7-8-34-27-14/h4-10,12,17H,11H2,1-3H3,(H,26,28)/t12-,17-/m0/s1. The molecule has 0 saturated carbocycles. The SMILES string of the molecule is COc1cccc(-c2nnc(NS(=O)(=O)[C@@H](C)[C@H](OC)c3ncc(Cl)cn3)n2Cc2ccon2)n1. The van der Waals surface area contributed by atoms with E-state index in [0.717, 1.165) is 0 Å². The third-order valence-electron chi connectivity index (χ3n) is 5.02. The number of hydrogen-bond donors (Lipinski definition) is 1. The average molecular weight is 521 g/mol. The molecule has 4 rings (SSSR count). The lowest BCUT2D eigenvalue weighted by Gasteiger charge is -2.22. The number of rotatable bonds is 10. The molecule has 0 spiro atoms. The van der Waals surface area contributed by atoms with E-state index in [2.05, 4.69) is 35.0 Å². The maximum atomic E-state index is 13.3. The van der Waals surface area contributed by atoms with Crippen molar-refractivity contribution in [3.8, 4) is 17.4 Å². The highest BCUT2D eigenvalue weighted by atomic mass is 35.5. The molecule has 0 saturated heterocycles. The summed E-state index contributed by atoms with van der Waals surface area (Å²) in [7, 11) is -1.21. The van der Waals surface area contributed by atoms with Gasteiger partial charge < -0.3 is 14.0 Å². The van der Waals surface area contributed by atoms with Gasteiger partial charge in [-0.2, -0.15) is 0 Å². The lowest BCUT2D eigenvalue weighted by molar-refractivity contribution is 0.0950. The van der Waals surface area contributed by atoms with Crippen LogP contribution in [0.1, 0.15) is 24.5 Å². The number of hydrogen-bond acceptors (Lipinski definition) is 11. The summed E-state index contributed by atoms with van der Waals surface area (Å²) in [5.74, 6) is 0.771. The summed E-state index contributed by atoms with van der Waals surface area (Å²) >= 11 is 5.84. The van der Waals surface area contributed by atoms with Crippen molar-refractivity contribution in [1.82, 2.24) is 34.9 Å². The maximum absolute atomic E-state index is 13.3. The van der Waals surface area contributed by atoms with Crippen LogP contribution in [0.15, 0.2) is 47.4 Å². The minimum atomic E-state index is -4.07. The average Bonchev–Trinajstić information content (AvgIpc) is 3.51. The van der Waals surface area contributed by atoms with Gasteiger partial charge >= 0.3 is 0 Å². The van der Waals surface area contributed by atoms with E-state index in [4.69, 9.17) is 25.6 Å². The molecule has 0 unspecified atom stereocenters. The van der Waals surface area contributed by atoms with Crippen LogP contribution in [-0.2, 0) is 21.3 Å². The van der Waals surface area contributed by atoms with E-state index >= 15 is 0 Å². The second-order valence-electron chi connectivity index (χ2n) is 7.26. The molecule has 35 heavy (non-hydrogen) atoms. The zero-order valence-corrected chi connectivity index (χ0v) is 20.4. The van der Waals surface area contributed by atoms with Crippen LogP contribution in [0.25, 0.3) is 11.5 Å². The number of nitrogens with zero attached hydrogens (tertiary/aromatic N) is 7. The Labute approximate surface area is 205 Å². The summed E-state index contributed by atoms with van der Waals surface area (Å²) < 4.78 is 46.1.